The molecule has 0 saturated carbocycles. The Morgan fingerprint density at radius 3 is 2.62 bits per heavy atom. The molecule has 1 heterocycles. The Hall–Kier alpha value is -1.49. The van der Waals surface area contributed by atoms with Gasteiger partial charge in [0.25, 0.3) is 5.91 Å². The van der Waals surface area contributed by atoms with Crippen LogP contribution in [-0.2, 0) is 0 Å². The van der Waals surface area contributed by atoms with Crippen LogP contribution in [0, 0.1) is 0 Å². The summed E-state index contributed by atoms with van der Waals surface area (Å²) in [5, 5.41) is 1.43. The molecule has 0 radical (unpaired) electrons. The van der Waals surface area contributed by atoms with E-state index in [-0.39, 0.29) is 5.91 Å². The van der Waals surface area contributed by atoms with Crippen LogP contribution in [0.5, 0.6) is 0 Å². The standard InChI is InChI=1S/C15H10Cl2N2OS/c1-21-15-18-12-4-2-3-5-13(12)19(15)14(20)9-6-7-10(16)11(17)8-9/h2-8H,1H3. The molecular formula is C15H10Cl2N2OS. The molecule has 0 amide bonds. The van der Waals surface area contributed by atoms with E-state index in [4.69, 9.17) is 23.2 Å². The first-order chi connectivity index (χ1) is 10.1. The van der Waals surface area contributed by atoms with Crippen LogP contribution in [0.15, 0.2) is 47.6 Å². The Morgan fingerprint density at radius 1 is 1.14 bits per heavy atom. The van der Waals surface area contributed by atoms with Crippen molar-refractivity contribution in [3.63, 3.8) is 0 Å². The van der Waals surface area contributed by atoms with Crippen molar-refractivity contribution < 1.29 is 4.79 Å². The van der Waals surface area contributed by atoms with Gasteiger partial charge < -0.3 is 0 Å². The van der Waals surface area contributed by atoms with Gasteiger partial charge >= 0.3 is 0 Å². The number of rotatable bonds is 2. The summed E-state index contributed by atoms with van der Waals surface area (Å²) in [5.74, 6) is -0.174. The molecule has 3 rings (SSSR count). The van der Waals surface area contributed by atoms with E-state index >= 15 is 0 Å². The number of imidazole rings is 1. The van der Waals surface area contributed by atoms with Gasteiger partial charge in [-0.25, -0.2) is 4.98 Å². The lowest BCUT2D eigenvalue weighted by molar-refractivity contribution is 0.0955. The van der Waals surface area contributed by atoms with Crippen LogP contribution in [-0.4, -0.2) is 21.7 Å². The predicted octanol–water partition coefficient (Wildman–Crippen LogP) is 4.75. The molecule has 0 atom stereocenters. The molecule has 6 heteroatoms. The molecule has 3 nitrogen and oxygen atoms in total. The molecule has 0 saturated heterocycles. The van der Waals surface area contributed by atoms with Crippen LogP contribution in [0.3, 0.4) is 0 Å². The summed E-state index contributed by atoms with van der Waals surface area (Å²) in [6.45, 7) is 0. The summed E-state index contributed by atoms with van der Waals surface area (Å²) in [6.07, 6.45) is 1.89. The highest BCUT2D eigenvalue weighted by Crippen LogP contribution is 2.26. The summed E-state index contributed by atoms with van der Waals surface area (Å²) >= 11 is 13.3. The molecule has 21 heavy (non-hydrogen) atoms. The van der Waals surface area contributed by atoms with Gasteiger partial charge in [0.2, 0.25) is 0 Å². The van der Waals surface area contributed by atoms with Crippen LogP contribution in [0.4, 0.5) is 0 Å². The van der Waals surface area contributed by atoms with E-state index in [1.807, 2.05) is 30.5 Å². The number of carbonyl (C=O) groups is 1. The Kier molecular flexibility index (Phi) is 3.93. The maximum Gasteiger partial charge on any atom is 0.264 e. The van der Waals surface area contributed by atoms with E-state index in [1.54, 1.807) is 22.8 Å². The van der Waals surface area contributed by atoms with Crippen LogP contribution in [0.2, 0.25) is 10.0 Å². The first-order valence-corrected chi connectivity index (χ1v) is 8.11. The molecule has 0 unspecified atom stereocenters. The minimum atomic E-state index is -0.174. The van der Waals surface area contributed by atoms with Crippen molar-refractivity contribution in [3.05, 3.63) is 58.1 Å². The van der Waals surface area contributed by atoms with Gasteiger partial charge in [-0.3, -0.25) is 9.36 Å². The fraction of sp³-hybridized carbons (Fsp3) is 0.0667. The zero-order chi connectivity index (χ0) is 15.0. The average molecular weight is 337 g/mol. The van der Waals surface area contributed by atoms with Gasteiger partial charge in [-0.1, -0.05) is 47.1 Å². The second kappa shape index (κ2) is 5.72. The lowest BCUT2D eigenvalue weighted by Crippen LogP contribution is -2.13. The molecule has 106 valence electrons. The molecule has 0 aliphatic rings. The maximum atomic E-state index is 12.8. The van der Waals surface area contributed by atoms with Crippen LogP contribution in [0.25, 0.3) is 11.0 Å². The Labute approximate surface area is 135 Å². The topological polar surface area (TPSA) is 34.9 Å². The average Bonchev–Trinajstić information content (AvgIpc) is 2.87. The third kappa shape index (κ3) is 2.55. The normalized spacial score (nSPS) is 11.0. The van der Waals surface area contributed by atoms with Gasteiger partial charge in [0.15, 0.2) is 5.16 Å². The molecule has 0 fully saturated rings. The van der Waals surface area contributed by atoms with Crippen molar-refractivity contribution in [1.82, 2.24) is 9.55 Å². The summed E-state index contributed by atoms with van der Waals surface area (Å²) in [7, 11) is 0. The Morgan fingerprint density at radius 2 is 1.90 bits per heavy atom. The quantitative estimate of drug-likeness (QED) is 0.633. The van der Waals surface area contributed by atoms with E-state index < -0.39 is 0 Å². The number of benzene rings is 2. The second-order valence-electron chi connectivity index (χ2n) is 4.36. The number of para-hydroxylation sites is 2. The van der Waals surface area contributed by atoms with E-state index in [0.717, 1.165) is 11.0 Å². The van der Waals surface area contributed by atoms with Gasteiger partial charge in [-0.15, -0.1) is 0 Å². The first-order valence-electron chi connectivity index (χ1n) is 6.13. The number of hydrogen-bond donors (Lipinski definition) is 0. The Balaban J connectivity index is 2.18. The first kappa shape index (κ1) is 14.4. The molecule has 0 aliphatic carbocycles. The van der Waals surface area contributed by atoms with Gasteiger partial charge in [0, 0.05) is 5.56 Å². The molecule has 0 N–H and O–H groups in total. The van der Waals surface area contributed by atoms with Crippen molar-refractivity contribution in [3.8, 4) is 0 Å². The summed E-state index contributed by atoms with van der Waals surface area (Å²) in [6, 6.07) is 12.4. The monoisotopic (exact) mass is 336 g/mol. The highest BCUT2D eigenvalue weighted by molar-refractivity contribution is 7.98. The number of halogens is 2. The van der Waals surface area contributed by atoms with Gasteiger partial charge in [0.1, 0.15) is 0 Å². The van der Waals surface area contributed by atoms with Crippen molar-refractivity contribution in [1.29, 1.82) is 0 Å². The summed E-state index contributed by atoms with van der Waals surface area (Å²) < 4.78 is 1.60. The highest BCUT2D eigenvalue weighted by Gasteiger charge is 2.18. The predicted molar refractivity (Wildman–Crippen MR) is 87.7 cm³/mol. The Bertz CT molecular complexity index is 845. The number of carbonyl (C=O) groups excluding carboxylic acids is 1. The van der Waals surface area contributed by atoms with Crippen molar-refractivity contribution in [2.24, 2.45) is 0 Å². The molecular weight excluding hydrogens is 327 g/mol. The second-order valence-corrected chi connectivity index (χ2v) is 5.94. The van der Waals surface area contributed by atoms with E-state index in [2.05, 4.69) is 4.98 Å². The van der Waals surface area contributed by atoms with Crippen LogP contribution < -0.4 is 0 Å². The lowest BCUT2D eigenvalue weighted by Gasteiger charge is -2.07. The van der Waals surface area contributed by atoms with Crippen LogP contribution in [0.1, 0.15) is 10.4 Å². The largest absolute Gasteiger partial charge is 0.268 e. The van der Waals surface area contributed by atoms with Gasteiger partial charge in [-0.2, -0.15) is 0 Å². The number of nitrogens with zero attached hydrogens (tertiary/aromatic N) is 2. The van der Waals surface area contributed by atoms with E-state index in [0.29, 0.717) is 20.8 Å². The number of aromatic nitrogens is 2. The minimum absolute atomic E-state index is 0.174. The van der Waals surface area contributed by atoms with Gasteiger partial charge in [-0.05, 0) is 36.6 Å². The van der Waals surface area contributed by atoms with Crippen molar-refractivity contribution in [2.75, 3.05) is 6.26 Å². The van der Waals surface area contributed by atoms with Crippen LogP contribution >= 0.6 is 35.0 Å². The fourth-order valence-electron chi connectivity index (χ4n) is 2.10. The zero-order valence-corrected chi connectivity index (χ0v) is 13.3. The number of fused-ring (bicyclic) bond motifs is 1. The minimum Gasteiger partial charge on any atom is -0.268 e. The third-order valence-corrected chi connectivity index (χ3v) is 4.46. The smallest absolute Gasteiger partial charge is 0.264 e. The zero-order valence-electron chi connectivity index (χ0n) is 11.0. The molecule has 1 aromatic heterocycles. The molecule has 0 bridgehead atoms. The maximum absolute atomic E-state index is 12.8. The molecule has 0 aliphatic heterocycles. The molecule has 0 spiro atoms. The lowest BCUT2D eigenvalue weighted by atomic mass is 10.2. The summed E-state index contributed by atoms with van der Waals surface area (Å²) in [4.78, 5) is 17.2. The highest BCUT2D eigenvalue weighted by atomic mass is 35.5. The van der Waals surface area contributed by atoms with E-state index in [9.17, 15) is 4.79 Å². The number of hydrogen-bond acceptors (Lipinski definition) is 3. The molecule has 2 aromatic carbocycles. The van der Waals surface area contributed by atoms with Gasteiger partial charge in [0.05, 0.1) is 21.1 Å². The summed E-state index contributed by atoms with van der Waals surface area (Å²) in [5.41, 5.74) is 2.04. The van der Waals surface area contributed by atoms with E-state index in [1.165, 1.54) is 11.8 Å². The third-order valence-electron chi connectivity index (χ3n) is 3.08. The van der Waals surface area contributed by atoms with Crippen molar-refractivity contribution in [2.45, 2.75) is 5.16 Å². The fourth-order valence-corrected chi connectivity index (χ4v) is 2.95. The van der Waals surface area contributed by atoms with Crippen molar-refractivity contribution >= 4 is 51.9 Å². The number of thioether (sulfide) groups is 1. The SMILES string of the molecule is CSc1nc2ccccc2n1C(=O)c1ccc(Cl)c(Cl)c1. The molecule has 3 aromatic rings.